The molecule has 2 heteroatoms. The van der Waals surface area contributed by atoms with Crippen LogP contribution in [-0.2, 0) is 0 Å². The number of hydrogen-bond donors (Lipinski definition) is 1. The highest BCUT2D eigenvalue weighted by Crippen LogP contribution is 2.38. The summed E-state index contributed by atoms with van der Waals surface area (Å²) >= 11 is 0. The van der Waals surface area contributed by atoms with Crippen molar-refractivity contribution in [2.45, 2.75) is 84.3 Å². The van der Waals surface area contributed by atoms with Gasteiger partial charge in [-0.25, -0.2) is 0 Å². The normalized spacial score (nSPS) is 26.8. The highest BCUT2D eigenvalue weighted by atomic mass is 15.2. The zero-order chi connectivity index (χ0) is 13.3. The summed E-state index contributed by atoms with van der Waals surface area (Å²) in [5.74, 6) is 0. The van der Waals surface area contributed by atoms with Gasteiger partial charge < -0.3 is 5.73 Å². The molecule has 0 aromatic carbocycles. The monoisotopic (exact) mass is 240 g/mol. The van der Waals surface area contributed by atoms with E-state index in [1.807, 2.05) is 0 Å². The molecular weight excluding hydrogens is 208 g/mol. The lowest BCUT2D eigenvalue weighted by Crippen LogP contribution is -2.59. The summed E-state index contributed by atoms with van der Waals surface area (Å²) in [6, 6.07) is 0.950. The third-order valence-electron chi connectivity index (χ3n) is 5.36. The van der Waals surface area contributed by atoms with Gasteiger partial charge in [-0.2, -0.15) is 0 Å². The van der Waals surface area contributed by atoms with Gasteiger partial charge in [0.15, 0.2) is 0 Å². The summed E-state index contributed by atoms with van der Waals surface area (Å²) in [7, 11) is 2.27. The third kappa shape index (κ3) is 3.23. The van der Waals surface area contributed by atoms with Gasteiger partial charge >= 0.3 is 0 Å². The maximum Gasteiger partial charge on any atom is 0.0326 e. The molecule has 0 aromatic heterocycles. The first kappa shape index (κ1) is 15.0. The van der Waals surface area contributed by atoms with Crippen molar-refractivity contribution in [2.24, 2.45) is 11.1 Å². The SMILES string of the molecule is CCC(C)(C(C)N)N(C)C1CCC(C)(C)CC1. The molecule has 1 rings (SSSR count). The fourth-order valence-electron chi connectivity index (χ4n) is 3.08. The number of nitrogens with zero attached hydrogens (tertiary/aromatic N) is 1. The van der Waals surface area contributed by atoms with E-state index in [0.29, 0.717) is 5.41 Å². The van der Waals surface area contributed by atoms with Gasteiger partial charge in [0, 0.05) is 17.6 Å². The van der Waals surface area contributed by atoms with Crippen LogP contribution in [0.3, 0.4) is 0 Å². The molecule has 0 heterocycles. The zero-order valence-electron chi connectivity index (χ0n) is 12.7. The molecule has 2 N–H and O–H groups in total. The summed E-state index contributed by atoms with van der Waals surface area (Å²) < 4.78 is 0. The van der Waals surface area contributed by atoms with E-state index in [9.17, 15) is 0 Å². The van der Waals surface area contributed by atoms with E-state index < -0.39 is 0 Å². The molecule has 0 saturated heterocycles. The number of nitrogens with two attached hydrogens (primary N) is 1. The molecule has 0 bridgehead atoms. The number of hydrogen-bond acceptors (Lipinski definition) is 2. The molecule has 2 unspecified atom stereocenters. The van der Waals surface area contributed by atoms with Crippen LogP contribution in [0.25, 0.3) is 0 Å². The third-order valence-corrected chi connectivity index (χ3v) is 5.36. The Hall–Kier alpha value is -0.0800. The number of rotatable bonds is 4. The summed E-state index contributed by atoms with van der Waals surface area (Å²) in [5, 5.41) is 0. The van der Waals surface area contributed by atoms with Crippen molar-refractivity contribution in [1.29, 1.82) is 0 Å². The molecule has 1 aliphatic rings. The predicted molar refractivity (Wildman–Crippen MR) is 76.1 cm³/mol. The Morgan fingerprint density at radius 3 is 2.18 bits per heavy atom. The van der Waals surface area contributed by atoms with Crippen LogP contribution < -0.4 is 5.73 Å². The van der Waals surface area contributed by atoms with Crippen LogP contribution in [0.2, 0.25) is 0 Å². The molecule has 0 aliphatic heterocycles. The molecular formula is C15H32N2. The maximum absolute atomic E-state index is 6.20. The van der Waals surface area contributed by atoms with Gasteiger partial charge in [0.05, 0.1) is 0 Å². The standard InChI is InChI=1S/C15H32N2/c1-7-15(5,12(2)16)17(6)13-8-10-14(3,4)11-9-13/h12-13H,7-11,16H2,1-6H3. The summed E-state index contributed by atoms with van der Waals surface area (Å²) in [4.78, 5) is 2.56. The summed E-state index contributed by atoms with van der Waals surface area (Å²) in [6.45, 7) is 11.5. The molecule has 2 nitrogen and oxygen atoms in total. The van der Waals surface area contributed by atoms with Crippen LogP contribution in [0.4, 0.5) is 0 Å². The fourth-order valence-corrected chi connectivity index (χ4v) is 3.08. The molecule has 102 valence electrons. The first-order valence-corrected chi connectivity index (χ1v) is 7.21. The maximum atomic E-state index is 6.20. The molecule has 17 heavy (non-hydrogen) atoms. The van der Waals surface area contributed by atoms with Crippen LogP contribution in [0.15, 0.2) is 0 Å². The van der Waals surface area contributed by atoms with E-state index in [1.54, 1.807) is 0 Å². The Kier molecular flexibility index (Phi) is 4.65. The van der Waals surface area contributed by atoms with Crippen molar-refractivity contribution in [3.8, 4) is 0 Å². The average molecular weight is 240 g/mol. The van der Waals surface area contributed by atoms with Crippen molar-refractivity contribution in [2.75, 3.05) is 7.05 Å². The van der Waals surface area contributed by atoms with Gasteiger partial charge in [0.1, 0.15) is 0 Å². The highest BCUT2D eigenvalue weighted by molar-refractivity contribution is 4.95. The Morgan fingerprint density at radius 2 is 1.82 bits per heavy atom. The number of likely N-dealkylation sites (N-methyl/N-ethyl adjacent to an activating group) is 1. The minimum atomic E-state index is 0.145. The minimum absolute atomic E-state index is 0.145. The van der Waals surface area contributed by atoms with Crippen LogP contribution in [-0.4, -0.2) is 29.6 Å². The van der Waals surface area contributed by atoms with Crippen molar-refractivity contribution in [1.82, 2.24) is 4.90 Å². The van der Waals surface area contributed by atoms with Crippen molar-refractivity contribution in [3.05, 3.63) is 0 Å². The highest BCUT2D eigenvalue weighted by Gasteiger charge is 2.38. The average Bonchev–Trinajstić information content (AvgIpc) is 2.26. The molecule has 1 fully saturated rings. The van der Waals surface area contributed by atoms with Crippen LogP contribution >= 0.6 is 0 Å². The first-order chi connectivity index (χ1) is 7.73. The smallest absolute Gasteiger partial charge is 0.0326 e. The lowest BCUT2D eigenvalue weighted by molar-refractivity contribution is 0.0270. The van der Waals surface area contributed by atoms with E-state index in [4.69, 9.17) is 5.73 Å². The van der Waals surface area contributed by atoms with E-state index in [0.717, 1.165) is 12.5 Å². The van der Waals surface area contributed by atoms with E-state index in [2.05, 4.69) is 46.6 Å². The second-order valence-corrected chi connectivity index (χ2v) is 7.01. The fraction of sp³-hybridized carbons (Fsp3) is 1.00. The first-order valence-electron chi connectivity index (χ1n) is 7.21. The largest absolute Gasteiger partial charge is 0.326 e. The Balaban J connectivity index is 2.67. The lowest BCUT2D eigenvalue weighted by atomic mass is 9.74. The van der Waals surface area contributed by atoms with Crippen molar-refractivity contribution < 1.29 is 0 Å². The molecule has 0 amide bonds. The minimum Gasteiger partial charge on any atom is -0.326 e. The van der Waals surface area contributed by atoms with Gasteiger partial charge in [-0.05, 0) is 58.4 Å². The van der Waals surface area contributed by atoms with Crippen LogP contribution in [0.1, 0.15) is 66.7 Å². The van der Waals surface area contributed by atoms with Gasteiger partial charge in [-0.3, -0.25) is 4.90 Å². The summed E-state index contributed by atoms with van der Waals surface area (Å²) in [6.07, 6.45) is 6.47. The Bertz CT molecular complexity index is 237. The molecule has 0 spiro atoms. The van der Waals surface area contributed by atoms with E-state index in [-0.39, 0.29) is 11.6 Å². The molecule has 0 radical (unpaired) electrons. The van der Waals surface area contributed by atoms with Gasteiger partial charge in [-0.15, -0.1) is 0 Å². The second kappa shape index (κ2) is 5.27. The van der Waals surface area contributed by atoms with Gasteiger partial charge in [0.2, 0.25) is 0 Å². The van der Waals surface area contributed by atoms with Crippen molar-refractivity contribution >= 4 is 0 Å². The molecule has 2 atom stereocenters. The molecule has 0 aromatic rings. The zero-order valence-corrected chi connectivity index (χ0v) is 12.7. The van der Waals surface area contributed by atoms with Crippen LogP contribution in [0, 0.1) is 5.41 Å². The topological polar surface area (TPSA) is 29.3 Å². The van der Waals surface area contributed by atoms with Crippen molar-refractivity contribution in [3.63, 3.8) is 0 Å². The van der Waals surface area contributed by atoms with E-state index in [1.165, 1.54) is 25.7 Å². The molecule has 1 aliphatic carbocycles. The van der Waals surface area contributed by atoms with Crippen LogP contribution in [0.5, 0.6) is 0 Å². The molecule has 1 saturated carbocycles. The Labute approximate surface area is 108 Å². The quantitative estimate of drug-likeness (QED) is 0.816. The predicted octanol–water partition coefficient (Wildman–Crippen LogP) is 3.40. The summed E-state index contributed by atoms with van der Waals surface area (Å²) in [5.41, 5.74) is 6.90. The Morgan fingerprint density at radius 1 is 1.35 bits per heavy atom. The lowest BCUT2D eigenvalue weighted by Gasteiger charge is -2.48. The second-order valence-electron chi connectivity index (χ2n) is 7.01. The van der Waals surface area contributed by atoms with Gasteiger partial charge in [0.25, 0.3) is 0 Å². The van der Waals surface area contributed by atoms with Gasteiger partial charge in [-0.1, -0.05) is 20.8 Å². The van der Waals surface area contributed by atoms with E-state index >= 15 is 0 Å².